The number of nitrogens with zero attached hydrogens (tertiary/aromatic N) is 3. The molecule has 0 unspecified atom stereocenters. The third-order valence-corrected chi connectivity index (χ3v) is 5.25. The van der Waals surface area contributed by atoms with Crippen LogP contribution >= 0.6 is 11.3 Å². The molecule has 108 valence electrons. The van der Waals surface area contributed by atoms with E-state index in [9.17, 15) is 8.42 Å². The number of rotatable bonds is 6. The van der Waals surface area contributed by atoms with Crippen LogP contribution in [0.5, 0.6) is 0 Å². The average Bonchev–Trinajstić information content (AvgIpc) is 2.92. The van der Waals surface area contributed by atoms with Gasteiger partial charge in [-0.2, -0.15) is 4.31 Å². The molecule has 0 aliphatic rings. The molecule has 8 heteroatoms. The Labute approximate surface area is 122 Å². The molecular formula is C12H16N4O2S2. The summed E-state index contributed by atoms with van der Waals surface area (Å²) in [6.45, 7) is 2.95. The number of hydrogen-bond donors (Lipinski definition) is 1. The standard InChI is InChI=1S/C12H16N4O2S2/c1-3-13-12-14-7-11(8-15-12)20(17,18)16(2)9-10-5-4-6-19-10/h4-8H,3,9H2,1-2H3,(H,13,14,15). The quantitative estimate of drug-likeness (QED) is 0.880. The van der Waals surface area contributed by atoms with Gasteiger partial charge in [-0.25, -0.2) is 18.4 Å². The van der Waals surface area contributed by atoms with Crippen molar-refractivity contribution < 1.29 is 8.42 Å². The van der Waals surface area contributed by atoms with E-state index in [0.29, 0.717) is 19.0 Å². The summed E-state index contributed by atoms with van der Waals surface area (Å²) in [5.74, 6) is 0.423. The van der Waals surface area contributed by atoms with Crippen molar-refractivity contribution in [3.05, 3.63) is 34.8 Å². The third-order valence-electron chi connectivity index (χ3n) is 2.63. The lowest BCUT2D eigenvalue weighted by Crippen LogP contribution is -2.26. The van der Waals surface area contributed by atoms with Crippen molar-refractivity contribution in [1.82, 2.24) is 14.3 Å². The summed E-state index contributed by atoms with van der Waals surface area (Å²) in [4.78, 5) is 9.06. The highest BCUT2D eigenvalue weighted by atomic mass is 32.2. The largest absolute Gasteiger partial charge is 0.355 e. The van der Waals surface area contributed by atoms with Gasteiger partial charge in [0.1, 0.15) is 4.90 Å². The van der Waals surface area contributed by atoms with E-state index in [4.69, 9.17) is 0 Å². The highest BCUT2D eigenvalue weighted by molar-refractivity contribution is 7.89. The Bertz CT molecular complexity index is 639. The Morgan fingerprint density at radius 1 is 1.35 bits per heavy atom. The molecule has 0 fully saturated rings. The fraction of sp³-hybridized carbons (Fsp3) is 0.333. The van der Waals surface area contributed by atoms with Gasteiger partial charge in [-0.3, -0.25) is 0 Å². The SMILES string of the molecule is CCNc1ncc(S(=O)(=O)N(C)Cc2cccs2)cn1. The zero-order valence-corrected chi connectivity index (χ0v) is 12.9. The van der Waals surface area contributed by atoms with Gasteiger partial charge in [-0.1, -0.05) is 6.07 Å². The number of nitrogens with one attached hydrogen (secondary N) is 1. The van der Waals surface area contributed by atoms with Crippen LogP contribution in [0.4, 0.5) is 5.95 Å². The second kappa shape index (κ2) is 6.29. The number of aromatic nitrogens is 2. The van der Waals surface area contributed by atoms with Gasteiger partial charge in [0, 0.05) is 25.0 Å². The molecule has 0 radical (unpaired) electrons. The van der Waals surface area contributed by atoms with Crippen molar-refractivity contribution in [3.8, 4) is 0 Å². The maximum absolute atomic E-state index is 12.4. The van der Waals surface area contributed by atoms with Crippen molar-refractivity contribution >= 4 is 27.3 Å². The molecule has 1 N–H and O–H groups in total. The van der Waals surface area contributed by atoms with E-state index in [-0.39, 0.29) is 4.90 Å². The summed E-state index contributed by atoms with van der Waals surface area (Å²) in [5, 5.41) is 4.84. The molecule has 2 heterocycles. The van der Waals surface area contributed by atoms with Crippen LogP contribution in [0.1, 0.15) is 11.8 Å². The Balaban J connectivity index is 2.16. The number of sulfonamides is 1. The molecule has 0 aromatic carbocycles. The predicted molar refractivity (Wildman–Crippen MR) is 79.2 cm³/mol. The van der Waals surface area contributed by atoms with Gasteiger partial charge < -0.3 is 5.32 Å². The summed E-state index contributed by atoms with van der Waals surface area (Å²) in [6, 6.07) is 3.80. The van der Waals surface area contributed by atoms with Crippen LogP contribution in [0.15, 0.2) is 34.8 Å². The zero-order valence-electron chi connectivity index (χ0n) is 11.3. The molecular weight excluding hydrogens is 296 g/mol. The highest BCUT2D eigenvalue weighted by Gasteiger charge is 2.22. The van der Waals surface area contributed by atoms with Crippen LogP contribution < -0.4 is 5.32 Å². The van der Waals surface area contributed by atoms with Crippen molar-refractivity contribution in [2.75, 3.05) is 18.9 Å². The highest BCUT2D eigenvalue weighted by Crippen LogP contribution is 2.18. The molecule has 0 aliphatic heterocycles. The minimum atomic E-state index is -3.56. The first-order chi connectivity index (χ1) is 9.54. The van der Waals surface area contributed by atoms with E-state index in [1.165, 1.54) is 28.0 Å². The molecule has 0 atom stereocenters. The normalized spacial score (nSPS) is 11.8. The topological polar surface area (TPSA) is 75.2 Å². The lowest BCUT2D eigenvalue weighted by molar-refractivity contribution is 0.469. The first kappa shape index (κ1) is 14.9. The molecule has 6 nitrogen and oxygen atoms in total. The van der Waals surface area contributed by atoms with Gasteiger partial charge in [0.25, 0.3) is 0 Å². The van der Waals surface area contributed by atoms with E-state index in [1.807, 2.05) is 24.4 Å². The van der Waals surface area contributed by atoms with E-state index in [1.54, 1.807) is 7.05 Å². The molecule has 0 bridgehead atoms. The molecule has 0 spiro atoms. The lowest BCUT2D eigenvalue weighted by Gasteiger charge is -2.16. The maximum atomic E-state index is 12.4. The minimum absolute atomic E-state index is 0.0956. The molecule has 2 aromatic rings. The summed E-state index contributed by atoms with van der Waals surface area (Å²) in [7, 11) is -2.01. The predicted octanol–water partition coefficient (Wildman–Crippen LogP) is 1.79. The van der Waals surface area contributed by atoms with Crippen LogP contribution in [0.2, 0.25) is 0 Å². The smallest absolute Gasteiger partial charge is 0.246 e. The van der Waals surface area contributed by atoms with Crippen molar-refractivity contribution in [1.29, 1.82) is 0 Å². The Morgan fingerprint density at radius 2 is 2.05 bits per heavy atom. The van der Waals surface area contributed by atoms with Gasteiger partial charge in [0.15, 0.2) is 0 Å². The van der Waals surface area contributed by atoms with Gasteiger partial charge in [-0.15, -0.1) is 11.3 Å². The Morgan fingerprint density at radius 3 is 2.60 bits per heavy atom. The van der Waals surface area contributed by atoms with Crippen LogP contribution in [0, 0.1) is 0 Å². The molecule has 0 aliphatic carbocycles. The molecule has 2 aromatic heterocycles. The monoisotopic (exact) mass is 312 g/mol. The molecule has 0 saturated heterocycles. The lowest BCUT2D eigenvalue weighted by atomic mass is 10.5. The van der Waals surface area contributed by atoms with Gasteiger partial charge in [0.2, 0.25) is 16.0 Å². The Hall–Kier alpha value is -1.51. The average molecular weight is 312 g/mol. The molecule has 2 rings (SSSR count). The third kappa shape index (κ3) is 3.33. The summed E-state index contributed by atoms with van der Waals surface area (Å²) >= 11 is 1.52. The first-order valence-corrected chi connectivity index (χ1v) is 8.40. The van der Waals surface area contributed by atoms with Crippen LogP contribution in [-0.2, 0) is 16.6 Å². The molecule has 20 heavy (non-hydrogen) atoms. The fourth-order valence-electron chi connectivity index (χ4n) is 1.59. The number of thiophene rings is 1. The van der Waals surface area contributed by atoms with E-state index in [0.717, 1.165) is 4.88 Å². The number of anilines is 1. The van der Waals surface area contributed by atoms with E-state index in [2.05, 4.69) is 15.3 Å². The van der Waals surface area contributed by atoms with Crippen molar-refractivity contribution in [3.63, 3.8) is 0 Å². The van der Waals surface area contributed by atoms with E-state index >= 15 is 0 Å². The van der Waals surface area contributed by atoms with Gasteiger partial charge in [0.05, 0.1) is 12.4 Å². The van der Waals surface area contributed by atoms with Crippen LogP contribution in [-0.4, -0.2) is 36.3 Å². The second-order valence-electron chi connectivity index (χ2n) is 4.11. The Kier molecular flexibility index (Phi) is 4.69. The molecule has 0 amide bonds. The molecule has 0 saturated carbocycles. The van der Waals surface area contributed by atoms with Crippen molar-refractivity contribution in [2.45, 2.75) is 18.4 Å². The van der Waals surface area contributed by atoms with Gasteiger partial charge >= 0.3 is 0 Å². The van der Waals surface area contributed by atoms with Crippen LogP contribution in [0.3, 0.4) is 0 Å². The van der Waals surface area contributed by atoms with E-state index < -0.39 is 10.0 Å². The second-order valence-corrected chi connectivity index (χ2v) is 7.19. The first-order valence-electron chi connectivity index (χ1n) is 6.08. The van der Waals surface area contributed by atoms with Crippen molar-refractivity contribution in [2.24, 2.45) is 0 Å². The summed E-state index contributed by atoms with van der Waals surface area (Å²) in [5.41, 5.74) is 0. The van der Waals surface area contributed by atoms with Gasteiger partial charge in [-0.05, 0) is 18.4 Å². The summed E-state index contributed by atoms with van der Waals surface area (Å²) < 4.78 is 26.0. The summed E-state index contributed by atoms with van der Waals surface area (Å²) in [6.07, 6.45) is 2.65. The maximum Gasteiger partial charge on any atom is 0.246 e. The zero-order chi connectivity index (χ0) is 14.6. The minimum Gasteiger partial charge on any atom is -0.355 e. The number of hydrogen-bond acceptors (Lipinski definition) is 6. The van der Waals surface area contributed by atoms with Crippen LogP contribution in [0.25, 0.3) is 0 Å². The fourth-order valence-corrected chi connectivity index (χ4v) is 3.47.